The normalized spacial score (nSPS) is 23.6. The van der Waals surface area contributed by atoms with Gasteiger partial charge in [0.25, 0.3) is 0 Å². The third-order valence-electron chi connectivity index (χ3n) is 3.12. The quantitative estimate of drug-likeness (QED) is 0.780. The minimum Gasteiger partial charge on any atom is -0.375 e. The van der Waals surface area contributed by atoms with Crippen molar-refractivity contribution in [2.45, 2.75) is 45.6 Å². The second-order valence-electron chi connectivity index (χ2n) is 5.85. The molecule has 1 heterocycles. The van der Waals surface area contributed by atoms with Gasteiger partial charge in [0.1, 0.15) is 0 Å². The van der Waals surface area contributed by atoms with Crippen molar-refractivity contribution in [2.24, 2.45) is 11.7 Å². The van der Waals surface area contributed by atoms with Crippen molar-refractivity contribution >= 4 is 0 Å². The van der Waals surface area contributed by atoms with Crippen LogP contribution in [0.5, 0.6) is 0 Å². The minimum atomic E-state index is -0.00749. The molecule has 0 aromatic heterocycles. The van der Waals surface area contributed by atoms with Crippen molar-refractivity contribution in [3.8, 4) is 0 Å². The van der Waals surface area contributed by atoms with E-state index in [0.29, 0.717) is 0 Å². The lowest BCUT2D eigenvalue weighted by molar-refractivity contribution is -0.0171. The fraction of sp³-hybridized carbons (Fsp3) is 1.00. The van der Waals surface area contributed by atoms with Crippen LogP contribution in [0.15, 0.2) is 0 Å². The molecule has 16 heavy (non-hydrogen) atoms. The molecule has 1 aliphatic rings. The SMILES string of the molecule is CC(C)(C)OCCN1CCCC(CCN)C1. The van der Waals surface area contributed by atoms with E-state index in [2.05, 4.69) is 25.7 Å². The summed E-state index contributed by atoms with van der Waals surface area (Å²) in [5.41, 5.74) is 5.61. The van der Waals surface area contributed by atoms with Crippen LogP contribution in [0, 0.1) is 5.92 Å². The van der Waals surface area contributed by atoms with Gasteiger partial charge in [-0.3, -0.25) is 0 Å². The second kappa shape index (κ2) is 6.58. The van der Waals surface area contributed by atoms with Crippen molar-refractivity contribution in [1.29, 1.82) is 0 Å². The van der Waals surface area contributed by atoms with E-state index in [-0.39, 0.29) is 5.60 Å². The lowest BCUT2D eigenvalue weighted by Gasteiger charge is -2.33. The van der Waals surface area contributed by atoms with E-state index in [0.717, 1.165) is 25.6 Å². The Kier molecular flexibility index (Phi) is 5.73. The lowest BCUT2D eigenvalue weighted by Crippen LogP contribution is -2.39. The Morgan fingerprint density at radius 3 is 2.75 bits per heavy atom. The number of nitrogens with zero attached hydrogens (tertiary/aromatic N) is 1. The molecule has 0 bridgehead atoms. The number of likely N-dealkylation sites (tertiary alicyclic amines) is 1. The summed E-state index contributed by atoms with van der Waals surface area (Å²) in [4.78, 5) is 2.52. The van der Waals surface area contributed by atoms with Crippen LogP contribution in [0.1, 0.15) is 40.0 Å². The lowest BCUT2D eigenvalue weighted by atomic mass is 9.95. The number of rotatable bonds is 5. The van der Waals surface area contributed by atoms with E-state index in [9.17, 15) is 0 Å². The predicted molar refractivity (Wildman–Crippen MR) is 68.5 cm³/mol. The second-order valence-corrected chi connectivity index (χ2v) is 5.85. The van der Waals surface area contributed by atoms with E-state index in [1.807, 2.05) is 0 Å². The molecule has 0 radical (unpaired) electrons. The van der Waals surface area contributed by atoms with Crippen molar-refractivity contribution in [1.82, 2.24) is 4.90 Å². The molecule has 0 aliphatic carbocycles. The predicted octanol–water partition coefficient (Wildman–Crippen LogP) is 1.86. The summed E-state index contributed by atoms with van der Waals surface area (Å²) in [5, 5.41) is 0. The zero-order valence-electron chi connectivity index (χ0n) is 11.2. The smallest absolute Gasteiger partial charge is 0.0600 e. The van der Waals surface area contributed by atoms with Gasteiger partial charge in [-0.2, -0.15) is 0 Å². The van der Waals surface area contributed by atoms with Crippen molar-refractivity contribution in [3.63, 3.8) is 0 Å². The number of hydrogen-bond donors (Lipinski definition) is 1. The molecule has 1 fully saturated rings. The zero-order chi connectivity index (χ0) is 12.0. The van der Waals surface area contributed by atoms with Crippen LogP contribution in [0.2, 0.25) is 0 Å². The molecule has 1 atom stereocenters. The molecule has 0 saturated carbocycles. The highest BCUT2D eigenvalue weighted by Gasteiger charge is 2.19. The summed E-state index contributed by atoms with van der Waals surface area (Å²) in [6, 6.07) is 0. The van der Waals surface area contributed by atoms with Crippen LogP contribution in [0.3, 0.4) is 0 Å². The van der Waals surface area contributed by atoms with Crippen molar-refractivity contribution in [3.05, 3.63) is 0 Å². The standard InChI is InChI=1S/C13H28N2O/c1-13(2,3)16-10-9-15-8-4-5-12(11-15)6-7-14/h12H,4-11,14H2,1-3H3. The Morgan fingerprint density at radius 2 is 2.12 bits per heavy atom. The molecule has 1 aliphatic heterocycles. The van der Waals surface area contributed by atoms with Crippen LogP contribution < -0.4 is 5.73 Å². The Labute approximate surface area is 100 Å². The van der Waals surface area contributed by atoms with Gasteiger partial charge in [0.05, 0.1) is 12.2 Å². The van der Waals surface area contributed by atoms with Gasteiger partial charge in [0.2, 0.25) is 0 Å². The first-order valence-electron chi connectivity index (χ1n) is 6.57. The summed E-state index contributed by atoms with van der Waals surface area (Å²) in [6.07, 6.45) is 3.85. The Morgan fingerprint density at radius 1 is 1.38 bits per heavy atom. The molecule has 3 heteroatoms. The first kappa shape index (κ1) is 13.9. The summed E-state index contributed by atoms with van der Waals surface area (Å²) >= 11 is 0. The largest absolute Gasteiger partial charge is 0.375 e. The van der Waals surface area contributed by atoms with Gasteiger partial charge in [-0.25, -0.2) is 0 Å². The average molecular weight is 228 g/mol. The monoisotopic (exact) mass is 228 g/mol. The molecule has 0 aromatic rings. The Hall–Kier alpha value is -0.120. The van der Waals surface area contributed by atoms with Crippen LogP contribution >= 0.6 is 0 Å². The molecule has 1 saturated heterocycles. The van der Waals surface area contributed by atoms with E-state index >= 15 is 0 Å². The maximum absolute atomic E-state index is 5.76. The minimum absolute atomic E-state index is 0.00749. The van der Waals surface area contributed by atoms with Crippen LogP contribution in [0.25, 0.3) is 0 Å². The third-order valence-corrected chi connectivity index (χ3v) is 3.12. The van der Waals surface area contributed by atoms with E-state index in [4.69, 9.17) is 10.5 Å². The molecule has 0 aromatic carbocycles. The highest BCUT2D eigenvalue weighted by molar-refractivity contribution is 4.73. The first-order chi connectivity index (χ1) is 7.51. The molecule has 2 N–H and O–H groups in total. The number of nitrogens with two attached hydrogens (primary N) is 1. The summed E-state index contributed by atoms with van der Waals surface area (Å²) in [7, 11) is 0. The maximum Gasteiger partial charge on any atom is 0.0600 e. The molecule has 1 unspecified atom stereocenters. The van der Waals surface area contributed by atoms with Gasteiger partial charge in [0, 0.05) is 13.1 Å². The Balaban J connectivity index is 2.16. The van der Waals surface area contributed by atoms with E-state index < -0.39 is 0 Å². The van der Waals surface area contributed by atoms with Gasteiger partial charge in [-0.1, -0.05) is 0 Å². The molecule has 3 nitrogen and oxygen atoms in total. The molecular weight excluding hydrogens is 200 g/mol. The van der Waals surface area contributed by atoms with Gasteiger partial charge in [-0.05, 0) is 59.0 Å². The number of hydrogen-bond acceptors (Lipinski definition) is 3. The highest BCUT2D eigenvalue weighted by atomic mass is 16.5. The van der Waals surface area contributed by atoms with E-state index in [1.165, 1.54) is 32.4 Å². The molecular formula is C13H28N2O. The van der Waals surface area contributed by atoms with Gasteiger partial charge >= 0.3 is 0 Å². The van der Waals surface area contributed by atoms with Crippen LogP contribution in [0.4, 0.5) is 0 Å². The van der Waals surface area contributed by atoms with Gasteiger partial charge in [0.15, 0.2) is 0 Å². The highest BCUT2D eigenvalue weighted by Crippen LogP contribution is 2.18. The fourth-order valence-corrected chi connectivity index (χ4v) is 2.31. The Bertz CT molecular complexity index is 187. The summed E-state index contributed by atoms with van der Waals surface area (Å²) in [5.74, 6) is 0.813. The van der Waals surface area contributed by atoms with Crippen LogP contribution in [-0.4, -0.2) is 43.3 Å². The molecule has 1 rings (SSSR count). The molecule has 96 valence electrons. The summed E-state index contributed by atoms with van der Waals surface area (Å²) in [6.45, 7) is 11.5. The van der Waals surface area contributed by atoms with Gasteiger partial charge in [-0.15, -0.1) is 0 Å². The zero-order valence-corrected chi connectivity index (χ0v) is 11.2. The van der Waals surface area contributed by atoms with Crippen LogP contribution in [-0.2, 0) is 4.74 Å². The van der Waals surface area contributed by atoms with Crippen molar-refractivity contribution < 1.29 is 4.74 Å². The maximum atomic E-state index is 5.76. The average Bonchev–Trinajstić information content (AvgIpc) is 2.17. The topological polar surface area (TPSA) is 38.5 Å². The van der Waals surface area contributed by atoms with E-state index in [1.54, 1.807) is 0 Å². The molecule has 0 spiro atoms. The summed E-state index contributed by atoms with van der Waals surface area (Å²) < 4.78 is 5.76. The van der Waals surface area contributed by atoms with Crippen molar-refractivity contribution in [2.75, 3.05) is 32.8 Å². The van der Waals surface area contributed by atoms with Gasteiger partial charge < -0.3 is 15.4 Å². The number of piperidine rings is 1. The fourth-order valence-electron chi connectivity index (χ4n) is 2.31. The first-order valence-corrected chi connectivity index (χ1v) is 6.57. The molecule has 0 amide bonds. The third kappa shape index (κ3) is 5.83. The number of ether oxygens (including phenoxy) is 1.